The number of β-lactam (4-membered cyclic amide) rings is 1. The van der Waals surface area contributed by atoms with Gasteiger partial charge in [0.25, 0.3) is 0 Å². The number of carbonyl (C=O) groups is 2. The minimum atomic E-state index is -0.659. The Morgan fingerprint density at radius 3 is 2.41 bits per heavy atom. The van der Waals surface area contributed by atoms with E-state index in [4.69, 9.17) is 17.3 Å². The fourth-order valence-corrected chi connectivity index (χ4v) is 5.20. The monoisotopic (exact) mass is 478 g/mol. The second kappa shape index (κ2) is 8.65. The highest BCUT2D eigenvalue weighted by Gasteiger charge is 2.62. The van der Waals surface area contributed by atoms with Gasteiger partial charge in [-0.1, -0.05) is 35.9 Å². The molecule has 1 atom stereocenters. The van der Waals surface area contributed by atoms with Crippen LogP contribution in [0.15, 0.2) is 72.8 Å². The number of rotatable bonds is 3. The summed E-state index contributed by atoms with van der Waals surface area (Å²) in [6.45, 7) is 0.863. The van der Waals surface area contributed by atoms with Crippen molar-refractivity contribution in [3.63, 3.8) is 0 Å². The van der Waals surface area contributed by atoms with E-state index in [1.807, 2.05) is 12.1 Å². The lowest BCUT2D eigenvalue weighted by Gasteiger charge is -2.59. The molecule has 0 aliphatic carbocycles. The lowest BCUT2D eigenvalue weighted by atomic mass is 9.62. The maximum atomic E-state index is 14.0. The van der Waals surface area contributed by atoms with Gasteiger partial charge in [0.2, 0.25) is 5.91 Å². The molecule has 2 heterocycles. The largest absolute Gasteiger partial charge is 0.399 e. The van der Waals surface area contributed by atoms with Crippen LogP contribution in [0.1, 0.15) is 24.4 Å². The van der Waals surface area contributed by atoms with Crippen molar-refractivity contribution in [1.82, 2.24) is 4.90 Å². The molecule has 2 aliphatic heterocycles. The molecule has 3 amide bonds. The topological polar surface area (TPSA) is 78.7 Å². The van der Waals surface area contributed by atoms with E-state index < -0.39 is 11.2 Å². The number of urea groups is 1. The van der Waals surface area contributed by atoms with E-state index in [1.165, 1.54) is 12.1 Å². The molecule has 34 heavy (non-hydrogen) atoms. The van der Waals surface area contributed by atoms with E-state index in [0.717, 1.165) is 5.56 Å². The Morgan fingerprint density at radius 1 is 1.03 bits per heavy atom. The van der Waals surface area contributed by atoms with Crippen LogP contribution in [0, 0.1) is 11.2 Å². The predicted molar refractivity (Wildman–Crippen MR) is 131 cm³/mol. The Balaban J connectivity index is 1.38. The maximum absolute atomic E-state index is 14.0. The highest BCUT2D eigenvalue weighted by Crippen LogP contribution is 2.57. The van der Waals surface area contributed by atoms with Gasteiger partial charge in [-0.25, -0.2) is 9.18 Å². The third-order valence-electron chi connectivity index (χ3n) is 6.78. The number of hydrogen-bond acceptors (Lipinski definition) is 3. The van der Waals surface area contributed by atoms with E-state index in [2.05, 4.69) is 5.32 Å². The van der Waals surface area contributed by atoms with Crippen molar-refractivity contribution in [1.29, 1.82) is 0 Å². The highest BCUT2D eigenvalue weighted by atomic mass is 35.5. The SMILES string of the molecule is Nc1cccc(NC(=O)N2CCC3(CC2)C(=O)N(c2cccc(F)c2)C3c2ccc(Cl)cc2)c1. The first kappa shape index (κ1) is 22.2. The molecule has 3 aromatic carbocycles. The van der Waals surface area contributed by atoms with Gasteiger partial charge >= 0.3 is 6.03 Å². The lowest BCUT2D eigenvalue weighted by molar-refractivity contribution is -0.144. The number of amides is 3. The summed E-state index contributed by atoms with van der Waals surface area (Å²) in [5.74, 6) is -0.442. The summed E-state index contributed by atoms with van der Waals surface area (Å²) < 4.78 is 14.0. The number of halogens is 2. The number of nitrogen functional groups attached to an aromatic ring is 1. The molecule has 5 rings (SSSR count). The lowest BCUT2D eigenvalue weighted by Crippen LogP contribution is -2.67. The fraction of sp³-hybridized carbons (Fsp3) is 0.231. The first-order valence-electron chi connectivity index (χ1n) is 11.1. The zero-order valence-electron chi connectivity index (χ0n) is 18.4. The van der Waals surface area contributed by atoms with Crippen molar-refractivity contribution in [2.24, 2.45) is 5.41 Å². The van der Waals surface area contributed by atoms with Gasteiger partial charge < -0.3 is 20.9 Å². The Morgan fingerprint density at radius 2 is 1.74 bits per heavy atom. The number of anilines is 3. The first-order chi connectivity index (χ1) is 16.4. The summed E-state index contributed by atoms with van der Waals surface area (Å²) in [6.07, 6.45) is 1.02. The smallest absolute Gasteiger partial charge is 0.321 e. The normalized spacial score (nSPS) is 19.1. The van der Waals surface area contributed by atoms with Crippen LogP contribution in [0.25, 0.3) is 0 Å². The average molecular weight is 479 g/mol. The molecule has 1 unspecified atom stereocenters. The molecule has 2 aliphatic rings. The molecule has 1 spiro atoms. The zero-order chi connectivity index (χ0) is 23.9. The quantitative estimate of drug-likeness (QED) is 0.387. The Bertz CT molecular complexity index is 1240. The van der Waals surface area contributed by atoms with Gasteiger partial charge in [0.05, 0.1) is 11.5 Å². The van der Waals surface area contributed by atoms with Crippen LogP contribution in [0.5, 0.6) is 0 Å². The second-order valence-electron chi connectivity index (χ2n) is 8.81. The van der Waals surface area contributed by atoms with Crippen LogP contribution < -0.4 is 16.0 Å². The predicted octanol–water partition coefficient (Wildman–Crippen LogP) is 5.46. The molecule has 8 heteroatoms. The fourth-order valence-electron chi connectivity index (χ4n) is 5.08. The zero-order valence-corrected chi connectivity index (χ0v) is 19.1. The van der Waals surface area contributed by atoms with Gasteiger partial charge in [0, 0.05) is 35.2 Å². The standard InChI is InChI=1S/C26H24ClFN4O2/c27-18-9-7-17(8-10-18)23-26(24(33)32(23)22-6-1-3-19(28)15-22)11-13-31(14-12-26)25(34)30-21-5-2-4-20(29)16-21/h1-10,15-16,23H,11-14,29H2,(H,30,34). The van der Waals surface area contributed by atoms with Gasteiger partial charge in [-0.05, 0) is 66.9 Å². The van der Waals surface area contributed by atoms with E-state index in [9.17, 15) is 14.0 Å². The molecule has 0 saturated carbocycles. The van der Waals surface area contributed by atoms with Crippen molar-refractivity contribution in [2.75, 3.05) is 29.0 Å². The summed E-state index contributed by atoms with van der Waals surface area (Å²) in [4.78, 5) is 29.7. The molecule has 3 aromatic rings. The summed E-state index contributed by atoms with van der Waals surface area (Å²) in [6, 6.07) is 20.0. The van der Waals surface area contributed by atoms with E-state index in [1.54, 1.807) is 58.3 Å². The number of benzene rings is 3. The molecule has 174 valence electrons. The number of nitrogens with zero attached hydrogens (tertiary/aromatic N) is 2. The van der Waals surface area contributed by atoms with Crippen LogP contribution in [-0.4, -0.2) is 29.9 Å². The van der Waals surface area contributed by atoms with Gasteiger partial charge in [-0.15, -0.1) is 0 Å². The number of carbonyl (C=O) groups excluding carboxylic acids is 2. The summed E-state index contributed by atoms with van der Waals surface area (Å²) >= 11 is 6.10. The number of nitrogens with one attached hydrogen (secondary N) is 1. The molecular formula is C26H24ClFN4O2. The number of likely N-dealkylation sites (tertiary alicyclic amines) is 1. The minimum Gasteiger partial charge on any atom is -0.399 e. The molecular weight excluding hydrogens is 455 g/mol. The Labute approximate surface area is 202 Å². The molecule has 2 saturated heterocycles. The van der Waals surface area contributed by atoms with Crippen molar-refractivity contribution in [2.45, 2.75) is 18.9 Å². The summed E-state index contributed by atoms with van der Waals surface area (Å²) in [5, 5.41) is 3.48. The van der Waals surface area contributed by atoms with Gasteiger partial charge in [-0.2, -0.15) is 0 Å². The Kier molecular flexibility index (Phi) is 5.65. The maximum Gasteiger partial charge on any atom is 0.321 e. The number of piperidine rings is 1. The first-order valence-corrected chi connectivity index (χ1v) is 11.5. The van der Waals surface area contributed by atoms with Crippen LogP contribution >= 0.6 is 11.6 Å². The Hall–Kier alpha value is -3.58. The molecule has 2 fully saturated rings. The number of nitrogens with two attached hydrogens (primary N) is 1. The average Bonchev–Trinajstić information content (AvgIpc) is 2.83. The van der Waals surface area contributed by atoms with Crippen LogP contribution in [-0.2, 0) is 4.79 Å². The minimum absolute atomic E-state index is 0.0473. The van der Waals surface area contributed by atoms with Crippen molar-refractivity contribution in [3.05, 3.63) is 89.2 Å². The second-order valence-corrected chi connectivity index (χ2v) is 9.24. The van der Waals surface area contributed by atoms with Crippen LogP contribution in [0.2, 0.25) is 5.02 Å². The molecule has 0 bridgehead atoms. The van der Waals surface area contributed by atoms with E-state index in [-0.39, 0.29) is 18.0 Å². The number of hydrogen-bond donors (Lipinski definition) is 2. The molecule has 3 N–H and O–H groups in total. The third-order valence-corrected chi connectivity index (χ3v) is 7.03. The van der Waals surface area contributed by atoms with E-state index >= 15 is 0 Å². The van der Waals surface area contributed by atoms with Gasteiger partial charge in [0.15, 0.2) is 0 Å². The summed E-state index contributed by atoms with van der Waals surface area (Å²) in [5.41, 5.74) is 7.80. The third kappa shape index (κ3) is 3.86. The van der Waals surface area contributed by atoms with Crippen LogP contribution in [0.4, 0.5) is 26.2 Å². The van der Waals surface area contributed by atoms with Gasteiger partial charge in [0.1, 0.15) is 5.82 Å². The molecule has 0 aromatic heterocycles. The summed E-state index contributed by atoms with van der Waals surface area (Å²) in [7, 11) is 0. The van der Waals surface area contributed by atoms with Crippen molar-refractivity contribution in [3.8, 4) is 0 Å². The molecule has 0 radical (unpaired) electrons. The van der Waals surface area contributed by atoms with Gasteiger partial charge in [-0.3, -0.25) is 4.79 Å². The highest BCUT2D eigenvalue weighted by molar-refractivity contribution is 6.30. The van der Waals surface area contributed by atoms with Crippen molar-refractivity contribution < 1.29 is 14.0 Å². The van der Waals surface area contributed by atoms with E-state index in [0.29, 0.717) is 48.0 Å². The van der Waals surface area contributed by atoms with Crippen molar-refractivity contribution >= 4 is 40.6 Å². The molecule has 6 nitrogen and oxygen atoms in total. The van der Waals surface area contributed by atoms with Crippen LogP contribution in [0.3, 0.4) is 0 Å².